The highest BCUT2D eigenvalue weighted by Crippen LogP contribution is 2.31. The topological polar surface area (TPSA) is 72.4 Å². The van der Waals surface area contributed by atoms with Gasteiger partial charge in [-0.3, -0.25) is 14.5 Å². The van der Waals surface area contributed by atoms with Gasteiger partial charge in [0.05, 0.1) is 12.6 Å². The molecule has 17 heavy (non-hydrogen) atoms. The predicted molar refractivity (Wildman–Crippen MR) is 62.3 cm³/mol. The lowest BCUT2D eigenvalue weighted by atomic mass is 9.79. The highest BCUT2D eigenvalue weighted by atomic mass is 16.5. The summed E-state index contributed by atoms with van der Waals surface area (Å²) in [4.78, 5) is 25.7. The average Bonchev–Trinajstić information content (AvgIpc) is 3.12. The summed E-state index contributed by atoms with van der Waals surface area (Å²) in [5.74, 6) is -0.213. The van der Waals surface area contributed by atoms with E-state index in [1.807, 2.05) is 0 Å². The van der Waals surface area contributed by atoms with E-state index in [9.17, 15) is 9.59 Å². The summed E-state index contributed by atoms with van der Waals surface area (Å²) in [5.41, 5.74) is 5.94. The second-order valence-electron chi connectivity index (χ2n) is 4.78. The smallest absolute Gasteiger partial charge is 0.323 e. The van der Waals surface area contributed by atoms with Gasteiger partial charge in [-0.2, -0.15) is 0 Å². The largest absolute Gasteiger partial charge is 0.465 e. The standard InChI is InChI=1S/C12H20N2O3/c1-2-17-12(16)10(13)8-4-3-5-9(15)11(8)14-6-7-14/h8,10-11H,2-7,13H2,1H3. The Morgan fingerprint density at radius 3 is 2.88 bits per heavy atom. The number of hydrogen-bond acceptors (Lipinski definition) is 5. The van der Waals surface area contributed by atoms with Gasteiger partial charge in [0.25, 0.3) is 0 Å². The summed E-state index contributed by atoms with van der Waals surface area (Å²) >= 11 is 0. The van der Waals surface area contributed by atoms with Crippen molar-refractivity contribution in [2.45, 2.75) is 38.3 Å². The molecule has 0 bridgehead atoms. The summed E-state index contributed by atoms with van der Waals surface area (Å²) < 4.78 is 4.95. The number of carbonyl (C=O) groups excluding carboxylic acids is 2. The Hall–Kier alpha value is -0.940. The molecule has 2 rings (SSSR count). The molecular formula is C12H20N2O3. The van der Waals surface area contributed by atoms with Crippen LogP contribution in [0.4, 0.5) is 0 Å². The molecule has 5 heteroatoms. The third-order valence-corrected chi connectivity index (χ3v) is 3.59. The lowest BCUT2D eigenvalue weighted by molar-refractivity contribution is -0.147. The molecule has 0 radical (unpaired) electrons. The Morgan fingerprint density at radius 2 is 2.29 bits per heavy atom. The van der Waals surface area contributed by atoms with Crippen LogP contribution in [0.1, 0.15) is 26.2 Å². The van der Waals surface area contributed by atoms with Crippen molar-refractivity contribution in [1.29, 1.82) is 0 Å². The minimum Gasteiger partial charge on any atom is -0.465 e. The van der Waals surface area contributed by atoms with E-state index >= 15 is 0 Å². The molecule has 0 spiro atoms. The summed E-state index contributed by atoms with van der Waals surface area (Å²) in [6.07, 6.45) is 2.29. The highest BCUT2D eigenvalue weighted by Gasteiger charge is 2.45. The van der Waals surface area contributed by atoms with Crippen LogP contribution >= 0.6 is 0 Å². The Balaban J connectivity index is 2.05. The van der Waals surface area contributed by atoms with Gasteiger partial charge in [-0.25, -0.2) is 0 Å². The number of esters is 1. The van der Waals surface area contributed by atoms with Gasteiger partial charge in [-0.05, 0) is 19.8 Å². The normalized spacial score (nSPS) is 31.1. The lowest BCUT2D eigenvalue weighted by Gasteiger charge is -2.34. The number of ketones is 1. The summed E-state index contributed by atoms with van der Waals surface area (Å²) in [5, 5.41) is 0. The van der Waals surface area contributed by atoms with Gasteiger partial charge in [0.1, 0.15) is 11.8 Å². The van der Waals surface area contributed by atoms with E-state index in [2.05, 4.69) is 4.90 Å². The van der Waals surface area contributed by atoms with Crippen LogP contribution < -0.4 is 5.73 Å². The molecule has 0 aromatic rings. The quantitative estimate of drug-likeness (QED) is 0.550. The van der Waals surface area contributed by atoms with Crippen LogP contribution in [0.25, 0.3) is 0 Å². The van der Waals surface area contributed by atoms with Crippen molar-refractivity contribution in [2.75, 3.05) is 19.7 Å². The first-order chi connectivity index (χ1) is 8.15. The molecule has 0 amide bonds. The van der Waals surface area contributed by atoms with E-state index in [-0.39, 0.29) is 23.7 Å². The van der Waals surface area contributed by atoms with Crippen LogP contribution in [0.5, 0.6) is 0 Å². The van der Waals surface area contributed by atoms with E-state index in [0.29, 0.717) is 13.0 Å². The minimum absolute atomic E-state index is 0.0715. The Bertz CT molecular complexity index is 315. The molecule has 0 aromatic heterocycles. The van der Waals surface area contributed by atoms with Crippen LogP contribution in [0.15, 0.2) is 0 Å². The maximum atomic E-state index is 11.9. The van der Waals surface area contributed by atoms with Crippen LogP contribution in [-0.2, 0) is 14.3 Å². The van der Waals surface area contributed by atoms with E-state index in [1.54, 1.807) is 6.92 Å². The zero-order valence-electron chi connectivity index (χ0n) is 10.2. The lowest BCUT2D eigenvalue weighted by Crippen LogP contribution is -2.52. The monoisotopic (exact) mass is 240 g/mol. The molecule has 2 N–H and O–H groups in total. The first-order valence-electron chi connectivity index (χ1n) is 6.34. The van der Waals surface area contributed by atoms with Gasteiger partial charge in [0.15, 0.2) is 0 Å². The third-order valence-electron chi connectivity index (χ3n) is 3.59. The van der Waals surface area contributed by atoms with Crippen molar-refractivity contribution in [3.8, 4) is 0 Å². The highest BCUT2D eigenvalue weighted by molar-refractivity contribution is 5.87. The van der Waals surface area contributed by atoms with Crippen LogP contribution in [0.2, 0.25) is 0 Å². The molecule has 1 heterocycles. The summed E-state index contributed by atoms with van der Waals surface area (Å²) in [6, 6.07) is -0.812. The molecule has 0 aromatic carbocycles. The van der Waals surface area contributed by atoms with Gasteiger partial charge in [-0.1, -0.05) is 0 Å². The van der Waals surface area contributed by atoms with Crippen molar-refractivity contribution >= 4 is 11.8 Å². The molecule has 3 atom stereocenters. The molecule has 1 saturated carbocycles. The van der Waals surface area contributed by atoms with Crippen LogP contribution in [-0.4, -0.2) is 48.4 Å². The average molecular weight is 240 g/mol. The molecule has 1 saturated heterocycles. The molecule has 1 aliphatic carbocycles. The number of Topliss-reactive ketones (excluding diaryl/α,β-unsaturated/α-hetero) is 1. The van der Waals surface area contributed by atoms with Gasteiger partial charge >= 0.3 is 5.97 Å². The SMILES string of the molecule is CCOC(=O)C(N)C1CCCC(=O)C1N1CC1. The summed E-state index contributed by atoms with van der Waals surface area (Å²) in [6.45, 7) is 3.99. The van der Waals surface area contributed by atoms with E-state index in [1.165, 1.54) is 0 Å². The molecular weight excluding hydrogens is 220 g/mol. The van der Waals surface area contributed by atoms with Crippen molar-refractivity contribution in [3.05, 3.63) is 0 Å². The van der Waals surface area contributed by atoms with Crippen LogP contribution in [0, 0.1) is 5.92 Å². The predicted octanol–water partition coefficient (Wildman–Crippen LogP) is -0.0698. The van der Waals surface area contributed by atoms with Crippen molar-refractivity contribution in [3.63, 3.8) is 0 Å². The minimum atomic E-state index is -0.662. The van der Waals surface area contributed by atoms with Gasteiger partial charge < -0.3 is 10.5 Å². The molecule has 2 aliphatic rings. The molecule has 1 aliphatic heterocycles. The van der Waals surface area contributed by atoms with E-state index < -0.39 is 6.04 Å². The van der Waals surface area contributed by atoms with Crippen LogP contribution in [0.3, 0.4) is 0 Å². The van der Waals surface area contributed by atoms with Crippen molar-refractivity contribution in [1.82, 2.24) is 4.90 Å². The zero-order chi connectivity index (χ0) is 12.4. The number of nitrogens with zero attached hydrogens (tertiary/aromatic N) is 1. The second kappa shape index (κ2) is 5.14. The fraction of sp³-hybridized carbons (Fsp3) is 0.833. The first-order valence-corrected chi connectivity index (χ1v) is 6.34. The Morgan fingerprint density at radius 1 is 1.59 bits per heavy atom. The fourth-order valence-electron chi connectivity index (χ4n) is 2.66. The first kappa shape index (κ1) is 12.5. The second-order valence-corrected chi connectivity index (χ2v) is 4.78. The number of hydrogen-bond donors (Lipinski definition) is 1. The number of carbonyl (C=O) groups is 2. The Kier molecular flexibility index (Phi) is 3.79. The van der Waals surface area contributed by atoms with Crippen molar-refractivity contribution < 1.29 is 14.3 Å². The molecule has 96 valence electrons. The number of rotatable bonds is 4. The molecule has 5 nitrogen and oxygen atoms in total. The van der Waals surface area contributed by atoms with Gasteiger partial charge in [0.2, 0.25) is 0 Å². The molecule has 2 fully saturated rings. The third kappa shape index (κ3) is 2.66. The maximum absolute atomic E-state index is 11.9. The van der Waals surface area contributed by atoms with E-state index in [0.717, 1.165) is 25.9 Å². The zero-order valence-corrected chi connectivity index (χ0v) is 10.2. The Labute approximate surface area is 101 Å². The summed E-state index contributed by atoms with van der Waals surface area (Å²) in [7, 11) is 0. The maximum Gasteiger partial charge on any atom is 0.323 e. The fourth-order valence-corrected chi connectivity index (χ4v) is 2.66. The van der Waals surface area contributed by atoms with Gasteiger partial charge in [0, 0.05) is 25.4 Å². The molecule has 3 unspecified atom stereocenters. The number of nitrogens with two attached hydrogens (primary N) is 1. The van der Waals surface area contributed by atoms with Crippen molar-refractivity contribution in [2.24, 2.45) is 11.7 Å². The van der Waals surface area contributed by atoms with E-state index in [4.69, 9.17) is 10.5 Å². The number of ether oxygens (including phenoxy) is 1. The van der Waals surface area contributed by atoms with Gasteiger partial charge in [-0.15, -0.1) is 0 Å².